The van der Waals surface area contributed by atoms with Crippen LogP contribution in [-0.2, 0) is 6.54 Å². The number of rotatable bonds is 5. The van der Waals surface area contributed by atoms with Crippen molar-refractivity contribution in [1.29, 1.82) is 0 Å². The summed E-state index contributed by atoms with van der Waals surface area (Å²) in [5.74, 6) is -0.142. The first kappa shape index (κ1) is 17.9. The van der Waals surface area contributed by atoms with Crippen LogP contribution in [0.2, 0.25) is 5.02 Å². The molecular formula is C17H15ClFN5O2S. The summed E-state index contributed by atoms with van der Waals surface area (Å²) in [5.41, 5.74) is 0.227. The van der Waals surface area contributed by atoms with Crippen molar-refractivity contribution in [2.75, 3.05) is 0 Å². The highest BCUT2D eigenvalue weighted by molar-refractivity contribution is 7.71. The van der Waals surface area contributed by atoms with Gasteiger partial charge in [0.15, 0.2) is 10.6 Å². The molecule has 0 radical (unpaired) electrons. The highest BCUT2D eigenvalue weighted by Gasteiger charge is 2.28. The first-order chi connectivity index (χ1) is 13.0. The number of aromatic amines is 1. The summed E-state index contributed by atoms with van der Waals surface area (Å²) in [5, 5.41) is 13.7. The van der Waals surface area contributed by atoms with Crippen molar-refractivity contribution in [2.24, 2.45) is 0 Å². The van der Waals surface area contributed by atoms with Crippen LogP contribution in [-0.4, -0.2) is 25.8 Å². The number of halogens is 2. The number of aryl methyl sites for hydroxylation is 1. The Hall–Kier alpha value is -2.52. The van der Waals surface area contributed by atoms with E-state index < -0.39 is 11.7 Å². The van der Waals surface area contributed by atoms with Gasteiger partial charge < -0.3 is 9.84 Å². The van der Waals surface area contributed by atoms with E-state index in [4.69, 9.17) is 28.3 Å². The average molecular weight is 408 g/mol. The topological polar surface area (TPSA) is 88.7 Å². The molecule has 1 aliphatic rings. The zero-order valence-corrected chi connectivity index (χ0v) is 15.8. The second-order valence-corrected chi connectivity index (χ2v) is 7.08. The fourth-order valence-corrected chi connectivity index (χ4v) is 3.51. The third kappa shape index (κ3) is 3.28. The Labute approximate surface area is 163 Å². The van der Waals surface area contributed by atoms with Crippen molar-refractivity contribution in [3.05, 3.63) is 51.0 Å². The summed E-state index contributed by atoms with van der Waals surface area (Å²) in [6.45, 7) is 1.75. The standard InChI is InChI=1S/C17H15ClFN5O2S/c1-8-13(15(23-26-8)14-10(18)3-2-4-11(14)19)16(25)20-7-12-21-22-17(27)24(12)9-5-6-9/h2-4,9H,5-7H2,1H3,(H,20,25)(H,22,27). The van der Waals surface area contributed by atoms with Gasteiger partial charge in [-0.1, -0.05) is 22.8 Å². The van der Waals surface area contributed by atoms with E-state index in [2.05, 4.69) is 20.7 Å². The quantitative estimate of drug-likeness (QED) is 0.625. The summed E-state index contributed by atoms with van der Waals surface area (Å²) in [7, 11) is 0. The minimum atomic E-state index is -0.584. The molecular weight excluding hydrogens is 393 g/mol. The number of H-pyrrole nitrogens is 1. The molecule has 140 valence electrons. The van der Waals surface area contributed by atoms with Gasteiger partial charge in [0, 0.05) is 6.04 Å². The highest BCUT2D eigenvalue weighted by Crippen LogP contribution is 2.36. The molecule has 1 aromatic carbocycles. The molecule has 0 saturated heterocycles. The Morgan fingerprint density at radius 2 is 2.30 bits per heavy atom. The largest absolute Gasteiger partial charge is 0.360 e. The van der Waals surface area contributed by atoms with E-state index in [1.54, 1.807) is 6.92 Å². The van der Waals surface area contributed by atoms with Gasteiger partial charge in [0.1, 0.15) is 22.8 Å². The fourth-order valence-electron chi connectivity index (χ4n) is 2.95. The predicted molar refractivity (Wildman–Crippen MR) is 98.5 cm³/mol. The summed E-state index contributed by atoms with van der Waals surface area (Å²) in [6.07, 6.45) is 2.07. The number of hydrogen-bond acceptors (Lipinski definition) is 5. The molecule has 1 saturated carbocycles. The molecule has 1 amide bonds. The lowest BCUT2D eigenvalue weighted by Gasteiger charge is -2.08. The highest BCUT2D eigenvalue weighted by atomic mass is 35.5. The second-order valence-electron chi connectivity index (χ2n) is 6.29. The Bertz CT molecular complexity index is 1070. The fraction of sp³-hybridized carbons (Fsp3) is 0.294. The molecule has 2 N–H and O–H groups in total. The first-order valence-corrected chi connectivity index (χ1v) is 9.10. The van der Waals surface area contributed by atoms with Gasteiger partial charge in [0.05, 0.1) is 17.1 Å². The van der Waals surface area contributed by atoms with Gasteiger partial charge >= 0.3 is 0 Å². The smallest absolute Gasteiger partial charge is 0.257 e. The van der Waals surface area contributed by atoms with Crippen molar-refractivity contribution >= 4 is 29.7 Å². The van der Waals surface area contributed by atoms with Gasteiger partial charge in [-0.15, -0.1) is 0 Å². The second kappa shape index (κ2) is 6.90. The maximum absolute atomic E-state index is 14.3. The minimum absolute atomic E-state index is 0.0295. The Balaban J connectivity index is 1.62. The van der Waals surface area contributed by atoms with E-state index in [1.807, 2.05) is 4.57 Å². The van der Waals surface area contributed by atoms with Gasteiger partial charge in [0.25, 0.3) is 5.91 Å². The van der Waals surface area contributed by atoms with Gasteiger partial charge in [-0.2, -0.15) is 5.10 Å². The van der Waals surface area contributed by atoms with Crippen LogP contribution in [0.1, 0.15) is 40.8 Å². The van der Waals surface area contributed by atoms with Crippen molar-refractivity contribution in [3.63, 3.8) is 0 Å². The number of benzene rings is 1. The van der Waals surface area contributed by atoms with Crippen LogP contribution < -0.4 is 5.32 Å². The lowest BCUT2D eigenvalue weighted by molar-refractivity contribution is 0.0948. The molecule has 1 fully saturated rings. The van der Waals surface area contributed by atoms with Crippen molar-refractivity contribution in [2.45, 2.75) is 32.4 Å². The number of hydrogen-bond donors (Lipinski definition) is 2. The Morgan fingerprint density at radius 1 is 1.52 bits per heavy atom. The summed E-state index contributed by atoms with van der Waals surface area (Å²) < 4.78 is 21.8. The molecule has 27 heavy (non-hydrogen) atoms. The lowest BCUT2D eigenvalue weighted by atomic mass is 10.0. The van der Waals surface area contributed by atoms with E-state index in [0.29, 0.717) is 16.6 Å². The average Bonchev–Trinajstić information content (AvgIpc) is 3.29. The summed E-state index contributed by atoms with van der Waals surface area (Å²) >= 11 is 11.3. The number of nitrogens with zero attached hydrogens (tertiary/aromatic N) is 3. The number of carbonyl (C=O) groups is 1. The number of nitrogens with one attached hydrogen (secondary N) is 2. The molecule has 3 aromatic rings. The molecule has 0 atom stereocenters. The SMILES string of the molecule is Cc1onc(-c2c(F)cccc2Cl)c1C(=O)NCc1n[nH]c(=S)n1C1CC1. The molecule has 2 aromatic heterocycles. The zero-order chi connectivity index (χ0) is 19.1. The van der Waals surface area contributed by atoms with Crippen molar-refractivity contribution < 1.29 is 13.7 Å². The molecule has 7 nitrogen and oxygen atoms in total. The maximum Gasteiger partial charge on any atom is 0.257 e. The lowest BCUT2D eigenvalue weighted by Crippen LogP contribution is -2.25. The van der Waals surface area contributed by atoms with Gasteiger partial charge in [-0.3, -0.25) is 14.5 Å². The van der Waals surface area contributed by atoms with Crippen LogP contribution in [0.25, 0.3) is 11.3 Å². The molecule has 0 spiro atoms. The molecule has 1 aliphatic carbocycles. The molecule has 0 bridgehead atoms. The monoisotopic (exact) mass is 407 g/mol. The molecule has 0 aliphatic heterocycles. The van der Waals surface area contributed by atoms with E-state index in [-0.39, 0.29) is 34.1 Å². The van der Waals surface area contributed by atoms with Crippen LogP contribution in [0.5, 0.6) is 0 Å². The van der Waals surface area contributed by atoms with E-state index in [9.17, 15) is 9.18 Å². The molecule has 0 unspecified atom stereocenters. The normalized spacial score (nSPS) is 13.7. The summed E-state index contributed by atoms with van der Waals surface area (Å²) in [4.78, 5) is 12.8. The van der Waals surface area contributed by atoms with Crippen molar-refractivity contribution in [3.8, 4) is 11.3 Å². The van der Waals surface area contributed by atoms with Crippen molar-refractivity contribution in [1.82, 2.24) is 25.2 Å². The van der Waals surface area contributed by atoms with E-state index in [1.165, 1.54) is 18.2 Å². The van der Waals surface area contributed by atoms with E-state index >= 15 is 0 Å². The summed E-state index contributed by atoms with van der Waals surface area (Å²) in [6, 6.07) is 4.58. The van der Waals surface area contributed by atoms with Gasteiger partial charge in [0.2, 0.25) is 0 Å². The van der Waals surface area contributed by atoms with Gasteiger partial charge in [-0.25, -0.2) is 4.39 Å². The van der Waals surface area contributed by atoms with Gasteiger partial charge in [-0.05, 0) is 44.1 Å². The Morgan fingerprint density at radius 3 is 3.00 bits per heavy atom. The third-order valence-corrected chi connectivity index (χ3v) is 4.99. The molecule has 2 heterocycles. The van der Waals surface area contributed by atoms with Crippen LogP contribution in [0.4, 0.5) is 4.39 Å². The number of amides is 1. The first-order valence-electron chi connectivity index (χ1n) is 8.32. The zero-order valence-electron chi connectivity index (χ0n) is 14.3. The predicted octanol–water partition coefficient (Wildman–Crippen LogP) is 3.96. The minimum Gasteiger partial charge on any atom is -0.360 e. The van der Waals surface area contributed by atoms with Crippen LogP contribution >= 0.6 is 23.8 Å². The van der Waals surface area contributed by atoms with Crippen LogP contribution in [0, 0.1) is 17.5 Å². The third-order valence-electron chi connectivity index (χ3n) is 4.39. The number of aromatic nitrogens is 4. The molecule has 4 rings (SSSR count). The van der Waals surface area contributed by atoms with Crippen LogP contribution in [0.3, 0.4) is 0 Å². The molecule has 10 heteroatoms. The number of carbonyl (C=O) groups excluding carboxylic acids is 1. The van der Waals surface area contributed by atoms with E-state index in [0.717, 1.165) is 12.8 Å². The maximum atomic E-state index is 14.3. The Kier molecular flexibility index (Phi) is 4.56. The van der Waals surface area contributed by atoms with Crippen LogP contribution in [0.15, 0.2) is 22.7 Å².